The van der Waals surface area contributed by atoms with E-state index in [1.807, 2.05) is 11.7 Å². The van der Waals surface area contributed by atoms with E-state index in [9.17, 15) is 4.39 Å². The Morgan fingerprint density at radius 2 is 2.15 bits per heavy atom. The molecule has 3 nitrogen and oxygen atoms in total. The van der Waals surface area contributed by atoms with Crippen molar-refractivity contribution < 1.29 is 4.39 Å². The van der Waals surface area contributed by atoms with Crippen LogP contribution in [0.25, 0.3) is 0 Å². The summed E-state index contributed by atoms with van der Waals surface area (Å²) in [6.07, 6.45) is 2.73. The summed E-state index contributed by atoms with van der Waals surface area (Å²) in [5, 5.41) is 7.52. The highest BCUT2D eigenvalue weighted by atomic mass is 79.9. The highest BCUT2D eigenvalue weighted by molar-refractivity contribution is 9.10. The van der Waals surface area contributed by atoms with E-state index in [4.69, 9.17) is 0 Å². The van der Waals surface area contributed by atoms with Gasteiger partial charge in [0, 0.05) is 16.6 Å². The summed E-state index contributed by atoms with van der Waals surface area (Å²) in [7, 11) is 1.82. The minimum absolute atomic E-state index is 0.233. The van der Waals surface area contributed by atoms with E-state index >= 15 is 0 Å². The molecule has 0 saturated carbocycles. The van der Waals surface area contributed by atoms with Crippen LogP contribution in [-0.2, 0) is 6.54 Å². The molecule has 0 spiro atoms. The molecular formula is C14H16Br2FN3. The third-order valence-electron chi connectivity index (χ3n) is 3.10. The molecule has 1 aromatic heterocycles. The number of nitrogens with zero attached hydrogens (tertiary/aromatic N) is 2. The van der Waals surface area contributed by atoms with Crippen LogP contribution in [-0.4, -0.2) is 16.8 Å². The lowest BCUT2D eigenvalue weighted by atomic mass is 10.0. The van der Waals surface area contributed by atoms with Gasteiger partial charge in [-0.1, -0.05) is 22.9 Å². The van der Waals surface area contributed by atoms with Crippen LogP contribution in [0.5, 0.6) is 0 Å². The maximum absolute atomic E-state index is 14.1. The first kappa shape index (κ1) is 15.7. The van der Waals surface area contributed by atoms with Crippen molar-refractivity contribution in [2.75, 3.05) is 7.05 Å². The average molecular weight is 405 g/mol. The fourth-order valence-electron chi connectivity index (χ4n) is 2.22. The number of halogens is 3. The van der Waals surface area contributed by atoms with E-state index in [1.54, 1.807) is 18.3 Å². The number of nitrogens with one attached hydrogen (secondary N) is 1. The van der Waals surface area contributed by atoms with Crippen LogP contribution in [0.2, 0.25) is 0 Å². The van der Waals surface area contributed by atoms with Crippen molar-refractivity contribution in [3.63, 3.8) is 0 Å². The summed E-state index contributed by atoms with van der Waals surface area (Å²) in [5.41, 5.74) is 1.53. The lowest BCUT2D eigenvalue weighted by Gasteiger charge is -2.20. The largest absolute Gasteiger partial charge is 0.308 e. The summed E-state index contributed by atoms with van der Waals surface area (Å²) in [6, 6.07) is 4.71. The summed E-state index contributed by atoms with van der Waals surface area (Å²) in [4.78, 5) is 0. The highest BCUT2D eigenvalue weighted by Crippen LogP contribution is 2.31. The predicted octanol–water partition coefficient (Wildman–Crippen LogP) is 4.27. The van der Waals surface area contributed by atoms with Crippen molar-refractivity contribution in [2.45, 2.75) is 25.9 Å². The van der Waals surface area contributed by atoms with Crippen LogP contribution in [0, 0.1) is 5.82 Å². The second-order valence-electron chi connectivity index (χ2n) is 4.49. The van der Waals surface area contributed by atoms with Crippen LogP contribution in [0.1, 0.15) is 30.6 Å². The Hall–Kier alpha value is -0.720. The van der Waals surface area contributed by atoms with Gasteiger partial charge in [-0.2, -0.15) is 5.10 Å². The molecule has 1 unspecified atom stereocenters. The molecule has 1 heterocycles. The molecular weight excluding hydrogens is 389 g/mol. The standard InChI is InChI=1S/C14H16Br2FN3/c1-3-6-20-14(11(16)8-19-20)13(18-2)10-7-9(15)4-5-12(10)17/h4-5,7-8,13,18H,3,6H2,1-2H3. The first-order valence-corrected chi connectivity index (χ1v) is 8.00. The molecule has 0 aliphatic heterocycles. The minimum Gasteiger partial charge on any atom is -0.308 e. The molecule has 2 rings (SSSR count). The molecule has 0 aliphatic rings. The molecule has 0 saturated heterocycles. The maximum atomic E-state index is 14.1. The molecule has 0 bridgehead atoms. The zero-order valence-electron chi connectivity index (χ0n) is 11.3. The van der Waals surface area contributed by atoms with Gasteiger partial charge < -0.3 is 5.32 Å². The Labute approximate surface area is 134 Å². The molecule has 0 aliphatic carbocycles. The molecule has 0 amide bonds. The molecule has 1 aromatic carbocycles. The summed E-state index contributed by atoms with van der Waals surface area (Å²) in [6.45, 7) is 2.89. The predicted molar refractivity (Wildman–Crippen MR) is 85.2 cm³/mol. The number of hydrogen-bond donors (Lipinski definition) is 1. The normalized spacial score (nSPS) is 12.7. The van der Waals surface area contributed by atoms with Gasteiger partial charge in [0.1, 0.15) is 5.82 Å². The zero-order valence-corrected chi connectivity index (χ0v) is 14.5. The Balaban J connectivity index is 2.52. The van der Waals surface area contributed by atoms with Gasteiger partial charge in [0.2, 0.25) is 0 Å². The summed E-state index contributed by atoms with van der Waals surface area (Å²) in [5.74, 6) is -0.233. The van der Waals surface area contributed by atoms with Crippen molar-refractivity contribution in [2.24, 2.45) is 0 Å². The Bertz CT molecular complexity index is 598. The highest BCUT2D eigenvalue weighted by Gasteiger charge is 2.23. The van der Waals surface area contributed by atoms with Gasteiger partial charge in [0.15, 0.2) is 0 Å². The second kappa shape index (κ2) is 6.83. The third-order valence-corrected chi connectivity index (χ3v) is 4.20. The van der Waals surface area contributed by atoms with Gasteiger partial charge in [-0.25, -0.2) is 4.39 Å². The fourth-order valence-corrected chi connectivity index (χ4v) is 3.13. The van der Waals surface area contributed by atoms with Crippen molar-refractivity contribution in [1.29, 1.82) is 0 Å². The van der Waals surface area contributed by atoms with Crippen molar-refractivity contribution in [1.82, 2.24) is 15.1 Å². The molecule has 6 heteroatoms. The van der Waals surface area contributed by atoms with Gasteiger partial charge >= 0.3 is 0 Å². The maximum Gasteiger partial charge on any atom is 0.128 e. The number of hydrogen-bond acceptors (Lipinski definition) is 2. The van der Waals surface area contributed by atoms with E-state index in [-0.39, 0.29) is 11.9 Å². The van der Waals surface area contributed by atoms with Gasteiger partial charge in [0.25, 0.3) is 0 Å². The van der Waals surface area contributed by atoms with Gasteiger partial charge in [-0.05, 0) is 47.6 Å². The summed E-state index contributed by atoms with van der Waals surface area (Å²) < 4.78 is 17.8. The fraction of sp³-hybridized carbons (Fsp3) is 0.357. The van der Waals surface area contributed by atoms with Crippen LogP contribution in [0.3, 0.4) is 0 Å². The number of aromatic nitrogens is 2. The second-order valence-corrected chi connectivity index (χ2v) is 6.26. The van der Waals surface area contributed by atoms with E-state index in [0.717, 1.165) is 27.6 Å². The van der Waals surface area contributed by atoms with Crippen molar-refractivity contribution in [3.8, 4) is 0 Å². The topological polar surface area (TPSA) is 29.9 Å². The lowest BCUT2D eigenvalue weighted by molar-refractivity contribution is 0.515. The van der Waals surface area contributed by atoms with Gasteiger partial charge in [-0.3, -0.25) is 4.68 Å². The third kappa shape index (κ3) is 3.13. The SMILES string of the molecule is CCCn1ncc(Br)c1C(NC)c1cc(Br)ccc1F. The first-order valence-electron chi connectivity index (χ1n) is 6.41. The monoisotopic (exact) mass is 403 g/mol. The number of benzene rings is 1. The number of rotatable bonds is 5. The van der Waals surface area contributed by atoms with Crippen molar-refractivity contribution >= 4 is 31.9 Å². The quantitative estimate of drug-likeness (QED) is 0.806. The molecule has 20 heavy (non-hydrogen) atoms. The van der Waals surface area contributed by atoms with E-state index in [1.165, 1.54) is 6.07 Å². The van der Waals surface area contributed by atoms with Crippen LogP contribution < -0.4 is 5.32 Å². The number of aryl methyl sites for hydroxylation is 1. The lowest BCUT2D eigenvalue weighted by Crippen LogP contribution is -2.23. The Morgan fingerprint density at radius 1 is 1.40 bits per heavy atom. The molecule has 1 atom stereocenters. The minimum atomic E-state index is -0.254. The molecule has 0 fully saturated rings. The Morgan fingerprint density at radius 3 is 2.80 bits per heavy atom. The van der Waals surface area contributed by atoms with Gasteiger partial charge in [0.05, 0.1) is 22.4 Å². The van der Waals surface area contributed by atoms with E-state index < -0.39 is 0 Å². The van der Waals surface area contributed by atoms with E-state index in [0.29, 0.717) is 5.56 Å². The molecule has 2 aromatic rings. The van der Waals surface area contributed by atoms with E-state index in [2.05, 4.69) is 49.2 Å². The molecule has 1 N–H and O–H groups in total. The van der Waals surface area contributed by atoms with Crippen LogP contribution in [0.15, 0.2) is 33.3 Å². The zero-order chi connectivity index (χ0) is 14.7. The van der Waals surface area contributed by atoms with Crippen LogP contribution in [0.4, 0.5) is 4.39 Å². The molecule has 108 valence electrons. The average Bonchev–Trinajstić information content (AvgIpc) is 2.77. The molecule has 0 radical (unpaired) electrons. The van der Waals surface area contributed by atoms with Crippen molar-refractivity contribution in [3.05, 3.63) is 50.4 Å². The smallest absolute Gasteiger partial charge is 0.128 e. The van der Waals surface area contributed by atoms with Gasteiger partial charge in [-0.15, -0.1) is 0 Å². The summed E-state index contributed by atoms with van der Waals surface area (Å²) >= 11 is 6.91. The first-order chi connectivity index (χ1) is 9.58. The Kier molecular flexibility index (Phi) is 5.35. The van der Waals surface area contributed by atoms with Crippen LogP contribution >= 0.6 is 31.9 Å².